The summed E-state index contributed by atoms with van der Waals surface area (Å²) in [6, 6.07) is 16.7. The van der Waals surface area contributed by atoms with Crippen molar-refractivity contribution < 1.29 is 13.2 Å². The summed E-state index contributed by atoms with van der Waals surface area (Å²) >= 11 is 0. The van der Waals surface area contributed by atoms with Crippen molar-refractivity contribution in [2.75, 3.05) is 32.1 Å². The van der Waals surface area contributed by atoms with Crippen molar-refractivity contribution in [3.05, 3.63) is 96.2 Å². The van der Waals surface area contributed by atoms with Gasteiger partial charge in [-0.05, 0) is 53.1 Å². The molecule has 0 unspecified atom stereocenters. The van der Waals surface area contributed by atoms with Crippen LogP contribution >= 0.6 is 0 Å². The third kappa shape index (κ3) is 4.92. The third-order valence-corrected chi connectivity index (χ3v) is 8.00. The lowest BCUT2D eigenvalue weighted by Gasteiger charge is -2.26. The summed E-state index contributed by atoms with van der Waals surface area (Å²) in [6.45, 7) is 5.63. The standard InChI is InChI=1S/C26H26N6O3S/c1-19(21-6-8-23(9-7-21)36(33,34)31-13-15-35-16-14-31)4-11-25-29-30-26(32(25)27)18-20-5-10-24-22(17-20)3-2-12-28-24/h2-12,17H,1,13-16,18,27H2/b11-4-. The Bertz CT molecular complexity index is 1540. The first-order chi connectivity index (χ1) is 17.4. The van der Waals surface area contributed by atoms with Gasteiger partial charge in [-0.25, -0.2) is 13.1 Å². The molecule has 184 valence electrons. The van der Waals surface area contributed by atoms with E-state index in [9.17, 15) is 8.42 Å². The molecule has 1 fully saturated rings. The second-order valence-electron chi connectivity index (χ2n) is 8.45. The normalized spacial score (nSPS) is 15.0. The van der Waals surface area contributed by atoms with E-state index in [2.05, 4.69) is 27.8 Å². The van der Waals surface area contributed by atoms with E-state index in [1.807, 2.05) is 24.3 Å². The number of hydrogen-bond acceptors (Lipinski definition) is 7. The molecule has 1 saturated heterocycles. The lowest BCUT2D eigenvalue weighted by Crippen LogP contribution is -2.40. The van der Waals surface area contributed by atoms with Gasteiger partial charge in [0.1, 0.15) is 0 Å². The van der Waals surface area contributed by atoms with E-state index in [-0.39, 0.29) is 4.90 Å². The minimum absolute atomic E-state index is 0.251. The molecule has 0 spiro atoms. The summed E-state index contributed by atoms with van der Waals surface area (Å²) in [5.74, 6) is 7.36. The highest BCUT2D eigenvalue weighted by atomic mass is 32.2. The molecule has 5 rings (SSSR count). The number of pyridine rings is 1. The maximum Gasteiger partial charge on any atom is 0.243 e. The predicted octanol–water partition coefficient (Wildman–Crippen LogP) is 2.88. The second kappa shape index (κ2) is 10.0. The first-order valence-electron chi connectivity index (χ1n) is 11.5. The van der Waals surface area contributed by atoms with E-state index in [0.717, 1.165) is 22.0 Å². The zero-order chi connectivity index (χ0) is 25.1. The van der Waals surface area contributed by atoms with Crippen molar-refractivity contribution in [3.8, 4) is 0 Å². The Hall–Kier alpha value is -3.86. The first kappa shape index (κ1) is 23.9. The number of allylic oxidation sites excluding steroid dienone is 2. The molecule has 2 aromatic heterocycles. The molecular formula is C26H26N6O3S. The minimum atomic E-state index is -3.54. The molecule has 0 saturated carbocycles. The summed E-state index contributed by atoms with van der Waals surface area (Å²) in [5.41, 5.74) is 3.48. The second-order valence-corrected chi connectivity index (χ2v) is 10.4. The number of ether oxygens (including phenoxy) is 1. The molecule has 1 aliphatic rings. The van der Waals surface area contributed by atoms with Gasteiger partial charge in [0.05, 0.1) is 23.6 Å². The van der Waals surface area contributed by atoms with Crippen LogP contribution in [0.25, 0.3) is 22.6 Å². The van der Waals surface area contributed by atoms with Gasteiger partial charge in [-0.15, -0.1) is 10.2 Å². The van der Waals surface area contributed by atoms with Crippen LogP contribution in [-0.2, 0) is 21.2 Å². The van der Waals surface area contributed by atoms with Crippen molar-refractivity contribution in [2.24, 2.45) is 0 Å². The highest BCUT2D eigenvalue weighted by molar-refractivity contribution is 7.89. The maximum atomic E-state index is 12.8. The number of nitrogens with two attached hydrogens (primary N) is 1. The van der Waals surface area contributed by atoms with Crippen molar-refractivity contribution >= 4 is 32.6 Å². The molecule has 36 heavy (non-hydrogen) atoms. The average Bonchev–Trinajstić information content (AvgIpc) is 3.26. The number of aromatic nitrogens is 4. The van der Waals surface area contributed by atoms with E-state index in [4.69, 9.17) is 10.6 Å². The highest BCUT2D eigenvalue weighted by Crippen LogP contribution is 2.22. The lowest BCUT2D eigenvalue weighted by atomic mass is 10.1. The summed E-state index contributed by atoms with van der Waals surface area (Å²) in [5, 5.41) is 9.48. The number of benzene rings is 2. The molecule has 0 atom stereocenters. The molecule has 0 bridgehead atoms. The number of morpholine rings is 1. The van der Waals surface area contributed by atoms with Gasteiger partial charge in [0.15, 0.2) is 11.6 Å². The van der Waals surface area contributed by atoms with Gasteiger partial charge in [-0.3, -0.25) is 4.98 Å². The van der Waals surface area contributed by atoms with E-state index < -0.39 is 10.0 Å². The quantitative estimate of drug-likeness (QED) is 0.305. The van der Waals surface area contributed by atoms with Crippen LogP contribution in [0.5, 0.6) is 0 Å². The fraction of sp³-hybridized carbons (Fsp3) is 0.192. The van der Waals surface area contributed by atoms with Gasteiger partial charge in [-0.2, -0.15) is 4.31 Å². The van der Waals surface area contributed by atoms with E-state index in [1.165, 1.54) is 8.98 Å². The Labute approximate surface area is 209 Å². The molecule has 10 heteroatoms. The number of nitrogen functional groups attached to an aromatic ring is 1. The smallest absolute Gasteiger partial charge is 0.243 e. The van der Waals surface area contributed by atoms with Crippen molar-refractivity contribution in [3.63, 3.8) is 0 Å². The van der Waals surface area contributed by atoms with Crippen LogP contribution in [0.2, 0.25) is 0 Å². The Kier molecular flexibility index (Phi) is 6.64. The predicted molar refractivity (Wildman–Crippen MR) is 139 cm³/mol. The zero-order valence-electron chi connectivity index (χ0n) is 19.6. The molecule has 2 aromatic carbocycles. The molecule has 0 aliphatic carbocycles. The molecule has 9 nitrogen and oxygen atoms in total. The zero-order valence-corrected chi connectivity index (χ0v) is 20.4. The first-order valence-corrected chi connectivity index (χ1v) is 12.9. The Morgan fingerprint density at radius 2 is 1.86 bits per heavy atom. The van der Waals surface area contributed by atoms with Crippen LogP contribution in [0.3, 0.4) is 0 Å². The third-order valence-electron chi connectivity index (χ3n) is 6.09. The minimum Gasteiger partial charge on any atom is -0.379 e. The molecule has 0 radical (unpaired) electrons. The lowest BCUT2D eigenvalue weighted by molar-refractivity contribution is 0.0730. The fourth-order valence-electron chi connectivity index (χ4n) is 4.04. The van der Waals surface area contributed by atoms with E-state index in [1.54, 1.807) is 42.6 Å². The molecule has 4 aromatic rings. The average molecular weight is 503 g/mol. The van der Waals surface area contributed by atoms with E-state index in [0.29, 0.717) is 49.9 Å². The Balaban J connectivity index is 1.27. The van der Waals surface area contributed by atoms with Crippen molar-refractivity contribution in [1.82, 2.24) is 24.2 Å². The van der Waals surface area contributed by atoms with Gasteiger partial charge in [-0.1, -0.05) is 36.9 Å². The van der Waals surface area contributed by atoms with Crippen LogP contribution in [-0.4, -0.2) is 58.9 Å². The van der Waals surface area contributed by atoms with Crippen molar-refractivity contribution in [1.29, 1.82) is 0 Å². The Morgan fingerprint density at radius 3 is 2.64 bits per heavy atom. The molecule has 0 amide bonds. The highest BCUT2D eigenvalue weighted by Gasteiger charge is 2.26. The van der Waals surface area contributed by atoms with Gasteiger partial charge in [0.25, 0.3) is 0 Å². The largest absolute Gasteiger partial charge is 0.379 e. The van der Waals surface area contributed by atoms with Crippen LogP contribution < -0.4 is 5.84 Å². The summed E-state index contributed by atoms with van der Waals surface area (Å²) < 4.78 is 33.8. The van der Waals surface area contributed by atoms with Crippen LogP contribution in [0.15, 0.2) is 78.3 Å². The summed E-state index contributed by atoms with van der Waals surface area (Å²) in [4.78, 5) is 4.59. The van der Waals surface area contributed by atoms with Gasteiger partial charge < -0.3 is 10.6 Å². The molecule has 3 heterocycles. The number of nitrogens with zero attached hydrogens (tertiary/aromatic N) is 5. The SMILES string of the molecule is C=C(/C=C\c1nnc(Cc2ccc3ncccc3c2)n1N)c1ccc(S(=O)(=O)N2CCOCC2)cc1. The fourth-order valence-corrected chi connectivity index (χ4v) is 5.45. The molecule has 2 N–H and O–H groups in total. The topological polar surface area (TPSA) is 116 Å². The number of rotatable bonds is 7. The van der Waals surface area contributed by atoms with Crippen LogP contribution in [0.4, 0.5) is 0 Å². The summed E-state index contributed by atoms with van der Waals surface area (Å²) in [6.07, 6.45) is 5.82. The monoisotopic (exact) mass is 502 g/mol. The van der Waals surface area contributed by atoms with Crippen LogP contribution in [0, 0.1) is 0 Å². The van der Waals surface area contributed by atoms with Gasteiger partial charge in [0.2, 0.25) is 10.0 Å². The van der Waals surface area contributed by atoms with Crippen LogP contribution in [0.1, 0.15) is 22.8 Å². The van der Waals surface area contributed by atoms with Crippen molar-refractivity contribution in [2.45, 2.75) is 11.3 Å². The summed E-state index contributed by atoms with van der Waals surface area (Å²) in [7, 11) is -3.54. The van der Waals surface area contributed by atoms with Gasteiger partial charge >= 0.3 is 0 Å². The Morgan fingerprint density at radius 1 is 1.08 bits per heavy atom. The number of sulfonamides is 1. The van der Waals surface area contributed by atoms with Gasteiger partial charge in [0, 0.05) is 31.1 Å². The van der Waals surface area contributed by atoms with E-state index >= 15 is 0 Å². The molecule has 1 aliphatic heterocycles. The number of fused-ring (bicyclic) bond motifs is 1. The maximum absolute atomic E-state index is 12.8. The number of hydrogen-bond donors (Lipinski definition) is 1. The molecular weight excluding hydrogens is 476 g/mol.